The van der Waals surface area contributed by atoms with Crippen LogP contribution in [0.4, 0.5) is 10.5 Å². The number of anilines is 1. The molecule has 0 aromatic heterocycles. The number of amides is 2. The zero-order valence-corrected chi connectivity index (χ0v) is 10.7. The van der Waals surface area contributed by atoms with Gasteiger partial charge in [0.25, 0.3) is 0 Å². The summed E-state index contributed by atoms with van der Waals surface area (Å²) in [7, 11) is 0. The molecule has 0 spiro atoms. The maximum atomic E-state index is 12.1. The van der Waals surface area contributed by atoms with Crippen molar-refractivity contribution in [2.45, 2.75) is 6.04 Å². The lowest BCUT2D eigenvalue weighted by Crippen LogP contribution is -2.53. The molecule has 1 aliphatic heterocycles. The largest absolute Gasteiger partial charge is 0.480 e. The summed E-state index contributed by atoms with van der Waals surface area (Å²) in [6.45, 7) is 0.548. The third-order valence-corrected chi connectivity index (χ3v) is 2.95. The summed E-state index contributed by atoms with van der Waals surface area (Å²) in [6.07, 6.45) is 5.29. The molecule has 1 aliphatic rings. The van der Waals surface area contributed by atoms with Crippen molar-refractivity contribution in [3.8, 4) is 12.3 Å². The second-order valence-corrected chi connectivity index (χ2v) is 4.28. The fraction of sp³-hybridized carbons (Fsp3) is 0.286. The van der Waals surface area contributed by atoms with Gasteiger partial charge in [0.15, 0.2) is 6.04 Å². The minimum atomic E-state index is -1.09. The fourth-order valence-corrected chi connectivity index (χ4v) is 1.93. The second-order valence-electron chi connectivity index (χ2n) is 4.28. The monoisotopic (exact) mass is 274 g/mol. The number of terminal acetylenes is 1. The van der Waals surface area contributed by atoms with Gasteiger partial charge in [-0.25, -0.2) is 9.59 Å². The number of aliphatic carboxylic acids is 1. The number of carboxylic acid groups (broad SMARTS) is 1. The number of nitrogens with one attached hydrogen (secondary N) is 1. The van der Waals surface area contributed by atoms with Gasteiger partial charge in [0, 0.05) is 17.8 Å². The van der Waals surface area contributed by atoms with Crippen LogP contribution >= 0.6 is 0 Å². The van der Waals surface area contributed by atoms with Gasteiger partial charge in [-0.3, -0.25) is 0 Å². The molecule has 0 saturated carbocycles. The number of carbonyl (C=O) groups is 2. The summed E-state index contributed by atoms with van der Waals surface area (Å²) in [6, 6.07) is 5.35. The van der Waals surface area contributed by atoms with E-state index in [9.17, 15) is 9.59 Å². The standard InChI is InChI=1S/C14H14N2O4/c1-2-10-4-3-5-11(8-10)15-14(19)16-6-7-20-9-12(16)13(17)18/h1,3-5,8,12H,6-7,9H2,(H,15,19)(H,17,18). The quantitative estimate of drug-likeness (QED) is 0.788. The van der Waals surface area contributed by atoms with E-state index in [0.29, 0.717) is 17.9 Å². The molecule has 1 atom stereocenters. The molecule has 1 unspecified atom stereocenters. The van der Waals surface area contributed by atoms with Crippen LogP contribution in [-0.2, 0) is 9.53 Å². The minimum Gasteiger partial charge on any atom is -0.480 e. The Morgan fingerprint density at radius 2 is 2.30 bits per heavy atom. The maximum absolute atomic E-state index is 12.1. The molecule has 6 heteroatoms. The van der Waals surface area contributed by atoms with E-state index in [2.05, 4.69) is 11.2 Å². The molecule has 6 nitrogen and oxygen atoms in total. The van der Waals surface area contributed by atoms with Gasteiger partial charge in [-0.2, -0.15) is 0 Å². The van der Waals surface area contributed by atoms with E-state index in [4.69, 9.17) is 16.3 Å². The van der Waals surface area contributed by atoms with Gasteiger partial charge >= 0.3 is 12.0 Å². The predicted molar refractivity (Wildman–Crippen MR) is 72.3 cm³/mol. The molecule has 0 aliphatic carbocycles. The van der Waals surface area contributed by atoms with Crippen molar-refractivity contribution in [2.24, 2.45) is 0 Å². The van der Waals surface area contributed by atoms with Crippen LogP contribution < -0.4 is 5.32 Å². The van der Waals surface area contributed by atoms with Gasteiger partial charge in [0.1, 0.15) is 0 Å². The normalized spacial score (nSPS) is 18.1. The van der Waals surface area contributed by atoms with Gasteiger partial charge in [-0.1, -0.05) is 12.0 Å². The summed E-state index contributed by atoms with van der Waals surface area (Å²) in [5.74, 6) is 1.38. The Morgan fingerprint density at radius 1 is 1.50 bits per heavy atom. The highest BCUT2D eigenvalue weighted by atomic mass is 16.5. The molecular formula is C14H14N2O4. The van der Waals surface area contributed by atoms with Crippen LogP contribution in [0.2, 0.25) is 0 Å². The number of benzene rings is 1. The number of rotatable bonds is 2. The molecule has 1 aromatic carbocycles. The molecular weight excluding hydrogens is 260 g/mol. The van der Waals surface area contributed by atoms with Crippen molar-refractivity contribution in [1.29, 1.82) is 0 Å². The highest BCUT2D eigenvalue weighted by Crippen LogP contribution is 2.13. The Balaban J connectivity index is 2.10. The number of nitrogens with zero attached hydrogens (tertiary/aromatic N) is 1. The van der Waals surface area contributed by atoms with Gasteiger partial charge in [-0.15, -0.1) is 6.42 Å². The first kappa shape index (κ1) is 13.9. The zero-order chi connectivity index (χ0) is 14.5. The molecule has 0 radical (unpaired) electrons. The molecule has 1 heterocycles. The first-order chi connectivity index (χ1) is 9.61. The van der Waals surface area contributed by atoms with Crippen LogP contribution in [0.15, 0.2) is 24.3 Å². The smallest absolute Gasteiger partial charge is 0.328 e. The third-order valence-electron chi connectivity index (χ3n) is 2.95. The Morgan fingerprint density at radius 3 is 3.00 bits per heavy atom. The van der Waals surface area contributed by atoms with Crippen molar-refractivity contribution in [1.82, 2.24) is 4.90 Å². The summed E-state index contributed by atoms with van der Waals surface area (Å²) in [5, 5.41) is 11.7. The first-order valence-corrected chi connectivity index (χ1v) is 6.06. The summed E-state index contributed by atoms with van der Waals surface area (Å²) in [4.78, 5) is 24.5. The van der Waals surface area contributed by atoms with Crippen LogP contribution in [0.5, 0.6) is 0 Å². The minimum absolute atomic E-state index is 0.00680. The lowest BCUT2D eigenvalue weighted by molar-refractivity contribution is -0.147. The fourth-order valence-electron chi connectivity index (χ4n) is 1.93. The Labute approximate surface area is 116 Å². The number of ether oxygens (including phenoxy) is 1. The van der Waals surface area contributed by atoms with Crippen molar-refractivity contribution in [2.75, 3.05) is 25.1 Å². The third kappa shape index (κ3) is 3.08. The molecule has 0 bridgehead atoms. The molecule has 2 rings (SSSR count). The van der Waals surface area contributed by atoms with Gasteiger partial charge in [-0.05, 0) is 18.2 Å². The number of hydrogen-bond donors (Lipinski definition) is 2. The number of carboxylic acids is 1. The second kappa shape index (κ2) is 6.08. The zero-order valence-electron chi connectivity index (χ0n) is 10.7. The van der Waals surface area contributed by atoms with E-state index in [1.54, 1.807) is 24.3 Å². The lowest BCUT2D eigenvalue weighted by Gasteiger charge is -2.32. The van der Waals surface area contributed by atoms with E-state index >= 15 is 0 Å². The summed E-state index contributed by atoms with van der Waals surface area (Å²) >= 11 is 0. The molecule has 20 heavy (non-hydrogen) atoms. The Kier molecular flexibility index (Phi) is 4.23. The van der Waals surface area contributed by atoms with Crippen LogP contribution in [-0.4, -0.2) is 47.8 Å². The van der Waals surface area contributed by atoms with E-state index in [0.717, 1.165) is 0 Å². The number of hydrogen-bond acceptors (Lipinski definition) is 3. The molecule has 104 valence electrons. The summed E-state index contributed by atoms with van der Waals surface area (Å²) < 4.78 is 5.08. The van der Waals surface area contributed by atoms with E-state index < -0.39 is 18.0 Å². The van der Waals surface area contributed by atoms with Crippen molar-refractivity contribution in [3.63, 3.8) is 0 Å². The van der Waals surface area contributed by atoms with Gasteiger partial charge < -0.3 is 20.1 Å². The van der Waals surface area contributed by atoms with Crippen LogP contribution in [0.1, 0.15) is 5.56 Å². The topological polar surface area (TPSA) is 78.9 Å². The molecule has 1 saturated heterocycles. The van der Waals surface area contributed by atoms with E-state index in [-0.39, 0.29) is 13.2 Å². The predicted octanol–water partition coefficient (Wildman–Crippen LogP) is 0.985. The molecule has 1 aromatic rings. The SMILES string of the molecule is C#Cc1cccc(NC(=O)N2CCOCC2C(=O)O)c1. The van der Waals surface area contributed by atoms with Crippen LogP contribution in [0, 0.1) is 12.3 Å². The average molecular weight is 274 g/mol. The van der Waals surface area contributed by atoms with E-state index in [1.807, 2.05) is 0 Å². The van der Waals surface area contributed by atoms with Gasteiger partial charge in [0.05, 0.1) is 13.2 Å². The first-order valence-electron chi connectivity index (χ1n) is 6.06. The average Bonchev–Trinajstić information content (AvgIpc) is 2.47. The van der Waals surface area contributed by atoms with Gasteiger partial charge in [0.2, 0.25) is 0 Å². The van der Waals surface area contributed by atoms with Crippen molar-refractivity contribution < 1.29 is 19.4 Å². The molecule has 2 N–H and O–H groups in total. The molecule has 2 amide bonds. The van der Waals surface area contributed by atoms with Crippen LogP contribution in [0.25, 0.3) is 0 Å². The Bertz CT molecular complexity index is 565. The lowest BCUT2D eigenvalue weighted by atomic mass is 10.2. The number of urea groups is 1. The number of morpholine rings is 1. The Hall–Kier alpha value is -2.52. The highest BCUT2D eigenvalue weighted by Gasteiger charge is 2.32. The maximum Gasteiger partial charge on any atom is 0.328 e. The van der Waals surface area contributed by atoms with Crippen molar-refractivity contribution >= 4 is 17.7 Å². The number of carbonyl (C=O) groups excluding carboxylic acids is 1. The highest BCUT2D eigenvalue weighted by molar-refractivity contribution is 5.92. The van der Waals surface area contributed by atoms with E-state index in [1.165, 1.54) is 4.90 Å². The molecule has 1 fully saturated rings. The summed E-state index contributed by atoms with van der Waals surface area (Å²) in [5.41, 5.74) is 1.17. The van der Waals surface area contributed by atoms with Crippen LogP contribution in [0.3, 0.4) is 0 Å². The van der Waals surface area contributed by atoms with Crippen molar-refractivity contribution in [3.05, 3.63) is 29.8 Å².